The third kappa shape index (κ3) is 5.01. The highest BCUT2D eigenvalue weighted by Crippen LogP contribution is 2.29. The molecule has 1 saturated heterocycles. The number of nitriles is 1. The Bertz CT molecular complexity index is 476. The molecule has 1 heterocycles. The summed E-state index contributed by atoms with van der Waals surface area (Å²) in [6.07, 6.45) is 0.282. The second kappa shape index (κ2) is 9.80. The molecule has 1 aliphatic heterocycles. The van der Waals surface area contributed by atoms with Gasteiger partial charge in [0.25, 0.3) is 0 Å². The molecule has 1 aliphatic rings. The second-order valence-electron chi connectivity index (χ2n) is 4.55. The molecule has 21 heavy (non-hydrogen) atoms. The molecule has 0 saturated carbocycles. The Kier molecular flexibility index (Phi) is 9.31. The van der Waals surface area contributed by atoms with E-state index in [-0.39, 0.29) is 43.1 Å². The highest BCUT2D eigenvalue weighted by atomic mass is 35.5. The molecule has 1 aromatic carbocycles. The number of halogens is 3. The summed E-state index contributed by atoms with van der Waals surface area (Å²) in [5, 5.41) is 12.3. The summed E-state index contributed by atoms with van der Waals surface area (Å²) < 4.78 is 19.2. The van der Waals surface area contributed by atoms with Gasteiger partial charge < -0.3 is 10.1 Å². The van der Waals surface area contributed by atoms with E-state index in [1.54, 1.807) is 19.2 Å². The van der Waals surface area contributed by atoms with Crippen LogP contribution < -0.4 is 10.1 Å². The van der Waals surface area contributed by atoms with Crippen LogP contribution in [0.25, 0.3) is 0 Å². The molecule has 0 aliphatic carbocycles. The zero-order valence-electron chi connectivity index (χ0n) is 11.8. The van der Waals surface area contributed by atoms with Crippen molar-refractivity contribution in [3.05, 3.63) is 29.6 Å². The highest BCUT2D eigenvalue weighted by molar-refractivity contribution is 5.85. The Morgan fingerprint density at radius 1 is 1.38 bits per heavy atom. The van der Waals surface area contributed by atoms with Crippen LogP contribution in [-0.2, 0) is 0 Å². The van der Waals surface area contributed by atoms with Crippen LogP contribution in [0.2, 0.25) is 0 Å². The molecular weight excluding hydrogens is 316 g/mol. The molecule has 1 N–H and O–H groups in total. The summed E-state index contributed by atoms with van der Waals surface area (Å²) >= 11 is 0. The molecule has 0 unspecified atom stereocenters. The minimum atomic E-state index is -0.278. The van der Waals surface area contributed by atoms with E-state index in [9.17, 15) is 4.39 Å². The van der Waals surface area contributed by atoms with Crippen LogP contribution in [0.1, 0.15) is 18.0 Å². The number of piperazine rings is 1. The van der Waals surface area contributed by atoms with E-state index >= 15 is 0 Å². The average molecular weight is 336 g/mol. The van der Waals surface area contributed by atoms with E-state index in [4.69, 9.17) is 10.00 Å². The number of hydrogen-bond donors (Lipinski definition) is 1. The lowest BCUT2D eigenvalue weighted by molar-refractivity contribution is 0.172. The minimum Gasteiger partial charge on any atom is -0.497 e. The summed E-state index contributed by atoms with van der Waals surface area (Å²) in [4.78, 5) is 2.15. The van der Waals surface area contributed by atoms with Gasteiger partial charge in [-0.15, -0.1) is 24.8 Å². The Morgan fingerprint density at radius 3 is 2.62 bits per heavy atom. The SMILES string of the molecule is COc1ccc(F)c([C@H](CC#N)N2CCNCC2)c1.Cl.Cl. The predicted octanol–water partition coefficient (Wildman–Crippen LogP) is 2.54. The number of benzene rings is 1. The Balaban J connectivity index is 0.00000200. The van der Waals surface area contributed by atoms with Crippen LogP contribution in [-0.4, -0.2) is 38.2 Å². The lowest BCUT2D eigenvalue weighted by atomic mass is 10.0. The maximum Gasteiger partial charge on any atom is 0.128 e. The molecule has 0 bridgehead atoms. The second-order valence-corrected chi connectivity index (χ2v) is 4.55. The van der Waals surface area contributed by atoms with Crippen LogP contribution in [0.15, 0.2) is 18.2 Å². The number of methoxy groups -OCH3 is 1. The minimum absolute atomic E-state index is 0. The molecule has 118 valence electrons. The normalized spacial score (nSPS) is 16.0. The number of nitrogens with one attached hydrogen (secondary N) is 1. The van der Waals surface area contributed by atoms with Crippen molar-refractivity contribution >= 4 is 24.8 Å². The predicted molar refractivity (Wildman–Crippen MR) is 84.9 cm³/mol. The third-order valence-electron chi connectivity index (χ3n) is 3.44. The van der Waals surface area contributed by atoms with Gasteiger partial charge >= 0.3 is 0 Å². The molecule has 2 rings (SSSR count). The van der Waals surface area contributed by atoms with Crippen molar-refractivity contribution in [2.24, 2.45) is 0 Å². The molecule has 1 fully saturated rings. The molecule has 0 amide bonds. The molecule has 0 spiro atoms. The van der Waals surface area contributed by atoms with Crippen LogP contribution in [0, 0.1) is 17.1 Å². The molecule has 0 aromatic heterocycles. The van der Waals surface area contributed by atoms with Gasteiger partial charge in [0.1, 0.15) is 11.6 Å². The summed E-state index contributed by atoms with van der Waals surface area (Å²) in [5.74, 6) is 0.342. The van der Waals surface area contributed by atoms with Gasteiger partial charge in [-0.25, -0.2) is 4.39 Å². The standard InChI is InChI=1S/C14H18FN3O.2ClH/c1-19-11-2-3-13(15)12(10-11)14(4-5-16)18-8-6-17-7-9-18;;/h2-3,10,14,17H,4,6-9H2,1H3;2*1H/t14-;;/m0../s1. The summed E-state index contributed by atoms with van der Waals surface area (Å²) in [6.45, 7) is 3.38. The topological polar surface area (TPSA) is 48.3 Å². The van der Waals surface area contributed by atoms with Gasteiger partial charge in [-0.1, -0.05) is 0 Å². The van der Waals surface area contributed by atoms with Crippen LogP contribution in [0.3, 0.4) is 0 Å². The lowest BCUT2D eigenvalue weighted by Crippen LogP contribution is -2.45. The fourth-order valence-corrected chi connectivity index (χ4v) is 2.42. The van der Waals surface area contributed by atoms with Gasteiger partial charge in [0, 0.05) is 31.7 Å². The molecule has 0 radical (unpaired) electrons. The van der Waals surface area contributed by atoms with E-state index in [1.807, 2.05) is 0 Å². The van der Waals surface area contributed by atoms with Gasteiger partial charge in [-0.05, 0) is 18.2 Å². The number of ether oxygens (including phenoxy) is 1. The Morgan fingerprint density at radius 2 is 2.05 bits per heavy atom. The van der Waals surface area contributed by atoms with Crippen molar-refractivity contribution in [2.45, 2.75) is 12.5 Å². The third-order valence-corrected chi connectivity index (χ3v) is 3.44. The first-order chi connectivity index (χ1) is 9.26. The Labute approximate surface area is 137 Å². The first kappa shape index (κ1) is 19.9. The smallest absolute Gasteiger partial charge is 0.128 e. The van der Waals surface area contributed by atoms with Gasteiger partial charge in [-0.3, -0.25) is 4.90 Å². The molecule has 4 nitrogen and oxygen atoms in total. The Hall–Kier alpha value is -1.06. The number of hydrogen-bond acceptors (Lipinski definition) is 4. The van der Waals surface area contributed by atoms with Crippen molar-refractivity contribution in [3.63, 3.8) is 0 Å². The van der Waals surface area contributed by atoms with Gasteiger partial charge in [-0.2, -0.15) is 5.26 Å². The van der Waals surface area contributed by atoms with Crippen molar-refractivity contribution in [1.82, 2.24) is 10.2 Å². The zero-order valence-corrected chi connectivity index (χ0v) is 13.5. The largest absolute Gasteiger partial charge is 0.497 e. The van der Waals surface area contributed by atoms with E-state index in [0.29, 0.717) is 11.3 Å². The molecule has 1 aromatic rings. The van der Waals surface area contributed by atoms with Crippen molar-refractivity contribution < 1.29 is 9.13 Å². The first-order valence-electron chi connectivity index (χ1n) is 6.41. The monoisotopic (exact) mass is 335 g/mol. The van der Waals surface area contributed by atoms with Gasteiger partial charge in [0.15, 0.2) is 0 Å². The van der Waals surface area contributed by atoms with Crippen molar-refractivity contribution in [3.8, 4) is 11.8 Å². The van der Waals surface area contributed by atoms with Crippen LogP contribution in [0.5, 0.6) is 5.75 Å². The molecular formula is C14H20Cl2FN3O. The quantitative estimate of drug-likeness (QED) is 0.918. The fraction of sp³-hybridized carbons (Fsp3) is 0.500. The fourth-order valence-electron chi connectivity index (χ4n) is 2.42. The van der Waals surface area contributed by atoms with Crippen LogP contribution in [0.4, 0.5) is 4.39 Å². The summed E-state index contributed by atoms with van der Waals surface area (Å²) in [5.41, 5.74) is 0.544. The van der Waals surface area contributed by atoms with E-state index < -0.39 is 0 Å². The average Bonchev–Trinajstić information content (AvgIpc) is 2.47. The first-order valence-corrected chi connectivity index (χ1v) is 6.41. The number of nitrogens with zero attached hydrogens (tertiary/aromatic N) is 2. The van der Waals surface area contributed by atoms with Gasteiger partial charge in [0.05, 0.1) is 25.6 Å². The lowest BCUT2D eigenvalue weighted by Gasteiger charge is -2.34. The van der Waals surface area contributed by atoms with E-state index in [1.165, 1.54) is 6.07 Å². The zero-order chi connectivity index (χ0) is 13.7. The number of rotatable bonds is 4. The van der Waals surface area contributed by atoms with Crippen LogP contribution >= 0.6 is 24.8 Å². The maximum atomic E-state index is 14.0. The van der Waals surface area contributed by atoms with Crippen molar-refractivity contribution in [1.29, 1.82) is 5.26 Å². The highest BCUT2D eigenvalue weighted by Gasteiger charge is 2.24. The van der Waals surface area contributed by atoms with E-state index in [0.717, 1.165) is 26.2 Å². The molecule has 1 atom stereocenters. The van der Waals surface area contributed by atoms with Gasteiger partial charge in [0.2, 0.25) is 0 Å². The van der Waals surface area contributed by atoms with Crippen molar-refractivity contribution in [2.75, 3.05) is 33.3 Å². The summed E-state index contributed by atoms with van der Waals surface area (Å²) in [7, 11) is 1.56. The summed E-state index contributed by atoms with van der Waals surface area (Å²) in [6, 6.07) is 6.65. The molecule has 7 heteroatoms. The van der Waals surface area contributed by atoms with E-state index in [2.05, 4.69) is 16.3 Å². The maximum absolute atomic E-state index is 14.0.